The summed E-state index contributed by atoms with van der Waals surface area (Å²) in [6.45, 7) is 2.30. The number of fused-ring (bicyclic) bond motifs is 3. The van der Waals surface area contributed by atoms with Crippen LogP contribution < -0.4 is 0 Å². The number of benzene rings is 1. The molecule has 0 saturated carbocycles. The van der Waals surface area contributed by atoms with E-state index in [2.05, 4.69) is 25.1 Å². The summed E-state index contributed by atoms with van der Waals surface area (Å²) in [5.41, 5.74) is 2.36. The molecule has 4 rings (SSSR count). The summed E-state index contributed by atoms with van der Waals surface area (Å²) in [6.07, 6.45) is 8.70. The van der Waals surface area contributed by atoms with E-state index in [4.69, 9.17) is 5.26 Å². The van der Waals surface area contributed by atoms with Crippen molar-refractivity contribution < 1.29 is 0 Å². The molecule has 23 heavy (non-hydrogen) atoms. The highest BCUT2D eigenvalue weighted by Gasteiger charge is 2.50. The van der Waals surface area contributed by atoms with Crippen LogP contribution in [0.25, 0.3) is 0 Å². The van der Waals surface area contributed by atoms with Gasteiger partial charge < -0.3 is 0 Å². The topological polar surface area (TPSA) is 23.8 Å². The summed E-state index contributed by atoms with van der Waals surface area (Å²) >= 11 is 0. The first-order valence-electron chi connectivity index (χ1n) is 8.36. The van der Waals surface area contributed by atoms with Gasteiger partial charge in [0.1, 0.15) is 0 Å². The van der Waals surface area contributed by atoms with Crippen LogP contribution in [-0.4, -0.2) is 54.2 Å². The van der Waals surface area contributed by atoms with Crippen LogP contribution in [-0.2, 0) is 4.28 Å². The van der Waals surface area contributed by atoms with E-state index in [0.717, 1.165) is 37.0 Å². The van der Waals surface area contributed by atoms with Crippen molar-refractivity contribution in [3.05, 3.63) is 35.4 Å². The zero-order chi connectivity index (χ0) is 16.2. The van der Waals surface area contributed by atoms with E-state index in [-0.39, 0.29) is 0 Å². The van der Waals surface area contributed by atoms with Gasteiger partial charge in [-0.3, -0.25) is 0 Å². The van der Waals surface area contributed by atoms with E-state index in [1.165, 1.54) is 65.6 Å². The fourth-order valence-corrected chi connectivity index (χ4v) is 33.8. The second-order valence-corrected chi connectivity index (χ2v) is 20.1. The predicted molar refractivity (Wildman–Crippen MR) is 103 cm³/mol. The lowest BCUT2D eigenvalue weighted by molar-refractivity contribution is 0.608. The fourth-order valence-electron chi connectivity index (χ4n) is 2.98. The van der Waals surface area contributed by atoms with Gasteiger partial charge in [-0.2, -0.15) is 5.26 Å². The van der Waals surface area contributed by atoms with Gasteiger partial charge in [-0.25, -0.2) is 0 Å². The Morgan fingerprint density at radius 3 is 2.04 bits per heavy atom. The van der Waals surface area contributed by atoms with E-state index in [1.54, 1.807) is 5.56 Å². The first-order valence-corrected chi connectivity index (χ1v) is 17.4. The van der Waals surface area contributed by atoms with Crippen molar-refractivity contribution >= 4 is 54.2 Å². The third-order valence-corrected chi connectivity index (χ3v) is 30.7. The van der Waals surface area contributed by atoms with E-state index in [0.29, 0.717) is 4.28 Å². The van der Waals surface area contributed by atoms with Crippen molar-refractivity contribution in [2.75, 3.05) is 0 Å². The van der Waals surface area contributed by atoms with E-state index in [9.17, 15) is 0 Å². The largest absolute Gasteiger partial charge is 0.192 e. The van der Waals surface area contributed by atoms with Gasteiger partial charge in [-0.05, 0) is 16.4 Å². The SMILES string of the molecule is CCCCCCCC12[Si][Si]C(c3ccc(C#N)cc3)([Si][Si]1)[Si][Si]2. The van der Waals surface area contributed by atoms with Gasteiger partial charge in [0, 0.05) is 54.2 Å². The highest BCUT2D eigenvalue weighted by atomic mass is 29.3. The smallest absolute Gasteiger partial charge is 0.0991 e. The maximum Gasteiger partial charge on any atom is 0.0991 e. The average Bonchev–Trinajstić information content (AvgIpc) is 2.63. The van der Waals surface area contributed by atoms with Crippen molar-refractivity contribution in [3.8, 4) is 6.07 Å². The molecule has 1 aromatic rings. The molecule has 3 heterocycles. The Labute approximate surface area is 154 Å². The van der Waals surface area contributed by atoms with Crippen LogP contribution in [0.4, 0.5) is 0 Å². The molecule has 0 aliphatic carbocycles. The minimum Gasteiger partial charge on any atom is -0.192 e. The molecule has 0 amide bonds. The van der Waals surface area contributed by atoms with Gasteiger partial charge in [0.2, 0.25) is 0 Å². The molecular formula is C16H19NSi6. The summed E-state index contributed by atoms with van der Waals surface area (Å²) in [7, 11) is 7.13. The quantitative estimate of drug-likeness (QED) is 0.514. The van der Waals surface area contributed by atoms with Crippen molar-refractivity contribution in [2.45, 2.75) is 54.0 Å². The molecule has 0 unspecified atom stereocenters. The minimum atomic E-state index is 0.549. The maximum atomic E-state index is 9.00. The van der Waals surface area contributed by atoms with Crippen LogP contribution in [0.1, 0.15) is 56.6 Å². The average molecular weight is 394 g/mol. The summed E-state index contributed by atoms with van der Waals surface area (Å²) in [5, 5.41) is 9.00. The Balaban J connectivity index is 1.57. The molecule has 3 fully saturated rings. The first kappa shape index (κ1) is 17.8. The molecule has 112 valence electrons. The fraction of sp³-hybridized carbons (Fsp3) is 0.562. The van der Waals surface area contributed by atoms with E-state index < -0.39 is 0 Å². The molecule has 1 aromatic carbocycles. The van der Waals surface area contributed by atoms with Crippen LogP contribution in [0.5, 0.6) is 0 Å². The van der Waals surface area contributed by atoms with Gasteiger partial charge in [0.15, 0.2) is 0 Å². The van der Waals surface area contributed by atoms with Crippen LogP contribution in [0.15, 0.2) is 24.3 Å². The normalized spacial score (nSPS) is 29.4. The van der Waals surface area contributed by atoms with Crippen molar-refractivity contribution in [1.82, 2.24) is 0 Å². The molecule has 0 aromatic heterocycles. The summed E-state index contributed by atoms with van der Waals surface area (Å²) < 4.78 is 1.35. The number of hydrogen-bond donors (Lipinski definition) is 0. The molecule has 1 nitrogen and oxygen atoms in total. The molecule has 7 heteroatoms. The minimum absolute atomic E-state index is 0.549. The van der Waals surface area contributed by atoms with Gasteiger partial charge in [0.25, 0.3) is 0 Å². The highest BCUT2D eigenvalue weighted by Crippen LogP contribution is 2.41. The summed E-state index contributed by atoms with van der Waals surface area (Å²) in [6, 6.07) is 10.8. The number of hydrogen-bond acceptors (Lipinski definition) is 1. The highest BCUT2D eigenvalue weighted by molar-refractivity contribution is 7.42. The van der Waals surface area contributed by atoms with Crippen LogP contribution in [0.2, 0.25) is 4.28 Å². The van der Waals surface area contributed by atoms with Crippen molar-refractivity contribution in [3.63, 3.8) is 0 Å². The molecule has 0 spiro atoms. The van der Waals surface area contributed by atoms with E-state index in [1.807, 2.05) is 12.1 Å². The zero-order valence-electron chi connectivity index (χ0n) is 13.5. The number of rotatable bonds is 7. The summed E-state index contributed by atoms with van der Waals surface area (Å²) in [5.74, 6) is 0. The molecule has 3 aliphatic heterocycles. The Hall–Kier alpha value is 0.0113. The standard InChI is InChI=1S/C16H19NSi6/c1-2-3-4-5-6-11-15-18-21-16(22-19-15,23-20-15)14-9-7-13(12-17)8-10-14/h7-10H,2-6,11H2,1H3. The number of nitrogens with zero attached hydrogens (tertiary/aromatic N) is 1. The third kappa shape index (κ3) is 3.99. The van der Waals surface area contributed by atoms with E-state index >= 15 is 0 Å². The number of nitriles is 1. The molecule has 12 radical (unpaired) electrons. The Morgan fingerprint density at radius 2 is 1.48 bits per heavy atom. The van der Waals surface area contributed by atoms with Gasteiger partial charge >= 0.3 is 0 Å². The molecule has 3 saturated heterocycles. The lowest BCUT2D eigenvalue weighted by Crippen LogP contribution is -2.68. The monoisotopic (exact) mass is 393 g/mol. The summed E-state index contributed by atoms with van der Waals surface area (Å²) in [4.78, 5) is 0. The molecule has 0 N–H and O–H groups in total. The van der Waals surface area contributed by atoms with Crippen LogP contribution in [0.3, 0.4) is 0 Å². The Bertz CT molecular complexity index is 542. The van der Waals surface area contributed by atoms with Gasteiger partial charge in [-0.1, -0.05) is 67.4 Å². The lowest BCUT2D eigenvalue weighted by atomic mass is 10.1. The van der Waals surface area contributed by atoms with Crippen molar-refractivity contribution in [1.29, 1.82) is 5.26 Å². The molecule has 0 atom stereocenters. The predicted octanol–water partition coefficient (Wildman–Crippen LogP) is 2.10. The Morgan fingerprint density at radius 1 is 0.870 bits per heavy atom. The second kappa shape index (κ2) is 7.93. The second-order valence-electron chi connectivity index (χ2n) is 6.26. The lowest BCUT2D eigenvalue weighted by Gasteiger charge is -2.52. The van der Waals surface area contributed by atoms with Gasteiger partial charge in [-0.15, -0.1) is 0 Å². The molecule has 2 bridgehead atoms. The molecular weight excluding hydrogens is 375 g/mol. The van der Waals surface area contributed by atoms with Crippen LogP contribution >= 0.6 is 0 Å². The molecule has 3 aliphatic rings. The number of unbranched alkanes of at least 4 members (excludes halogenated alkanes) is 4. The maximum absolute atomic E-state index is 9.00. The van der Waals surface area contributed by atoms with Crippen molar-refractivity contribution in [2.24, 2.45) is 0 Å². The first-order chi connectivity index (χ1) is 11.2. The zero-order valence-corrected chi connectivity index (χ0v) is 19.5. The Kier molecular flexibility index (Phi) is 6.14. The van der Waals surface area contributed by atoms with Crippen LogP contribution in [0, 0.1) is 11.3 Å². The third-order valence-electron chi connectivity index (χ3n) is 4.49. The van der Waals surface area contributed by atoms with Gasteiger partial charge in [0.05, 0.1) is 11.6 Å².